The molecular formula is C21H33N3O7S. The van der Waals surface area contributed by atoms with Crippen molar-refractivity contribution < 1.29 is 34.1 Å². The molecule has 1 aliphatic rings. The van der Waals surface area contributed by atoms with E-state index in [1.807, 2.05) is 0 Å². The molecule has 1 amide bonds. The standard InChI is InChI=1S/C19H31N3O3S.C2H2O4/c1-5-22-10-8-14-15(12-22)26-18(17(14)19(24)25-6-2)21-16(23)11-20-9-7-13(3)4;3-1(4)2(5)6/h13,20H,5-12H2,1-4H3,(H,21,23);(H,3,4)(H,5,6). The fourth-order valence-electron chi connectivity index (χ4n) is 3.00. The van der Waals surface area contributed by atoms with Crippen LogP contribution in [0.5, 0.6) is 0 Å². The van der Waals surface area contributed by atoms with Crippen molar-refractivity contribution >= 4 is 40.2 Å². The summed E-state index contributed by atoms with van der Waals surface area (Å²) in [5.41, 5.74) is 1.60. The van der Waals surface area contributed by atoms with Crippen LogP contribution >= 0.6 is 11.3 Å². The molecular weight excluding hydrogens is 438 g/mol. The molecule has 0 saturated heterocycles. The maximum absolute atomic E-state index is 12.5. The Kier molecular flexibility index (Phi) is 11.9. The second-order valence-electron chi connectivity index (χ2n) is 7.56. The van der Waals surface area contributed by atoms with Gasteiger partial charge >= 0.3 is 17.9 Å². The van der Waals surface area contributed by atoms with Crippen molar-refractivity contribution in [3.8, 4) is 0 Å². The average Bonchev–Trinajstić information content (AvgIpc) is 3.08. The van der Waals surface area contributed by atoms with E-state index in [9.17, 15) is 9.59 Å². The highest BCUT2D eigenvalue weighted by molar-refractivity contribution is 7.17. The zero-order valence-electron chi connectivity index (χ0n) is 19.0. The van der Waals surface area contributed by atoms with E-state index in [0.29, 0.717) is 23.1 Å². The molecule has 11 heteroatoms. The normalized spacial score (nSPS) is 13.0. The highest BCUT2D eigenvalue weighted by Gasteiger charge is 2.29. The zero-order chi connectivity index (χ0) is 24.3. The number of amides is 1. The van der Waals surface area contributed by atoms with E-state index in [-0.39, 0.29) is 18.4 Å². The molecule has 32 heavy (non-hydrogen) atoms. The SMILES string of the molecule is CCOC(=O)c1c(NC(=O)CNCCC(C)C)sc2c1CCN(CC)C2.O=C(O)C(=O)O. The molecule has 0 aromatic carbocycles. The minimum atomic E-state index is -1.82. The Morgan fingerprint density at radius 3 is 2.34 bits per heavy atom. The number of carboxylic acids is 2. The first-order chi connectivity index (χ1) is 15.1. The Hall–Kier alpha value is -2.50. The number of fused-ring (bicyclic) bond motifs is 1. The molecule has 0 bridgehead atoms. The molecule has 0 radical (unpaired) electrons. The lowest BCUT2D eigenvalue weighted by Crippen LogP contribution is -2.30. The van der Waals surface area contributed by atoms with Crippen LogP contribution in [0.25, 0.3) is 0 Å². The van der Waals surface area contributed by atoms with Crippen LogP contribution in [0, 0.1) is 5.92 Å². The van der Waals surface area contributed by atoms with Gasteiger partial charge in [0.15, 0.2) is 0 Å². The summed E-state index contributed by atoms with van der Waals surface area (Å²) in [6.07, 6.45) is 1.85. The van der Waals surface area contributed by atoms with E-state index in [1.165, 1.54) is 11.3 Å². The lowest BCUT2D eigenvalue weighted by molar-refractivity contribution is -0.159. The Morgan fingerprint density at radius 1 is 1.16 bits per heavy atom. The van der Waals surface area contributed by atoms with Gasteiger partial charge in [-0.3, -0.25) is 9.69 Å². The molecule has 0 atom stereocenters. The number of likely N-dealkylation sites (N-methyl/N-ethyl adjacent to an activating group) is 1. The van der Waals surface area contributed by atoms with Crippen molar-refractivity contribution in [1.29, 1.82) is 0 Å². The van der Waals surface area contributed by atoms with Crippen molar-refractivity contribution in [1.82, 2.24) is 10.2 Å². The molecule has 0 fully saturated rings. The number of thiophene rings is 1. The summed E-state index contributed by atoms with van der Waals surface area (Å²) in [7, 11) is 0. The largest absolute Gasteiger partial charge is 0.473 e. The Labute approximate surface area is 191 Å². The molecule has 0 spiro atoms. The van der Waals surface area contributed by atoms with E-state index >= 15 is 0 Å². The van der Waals surface area contributed by atoms with Gasteiger partial charge in [-0.1, -0.05) is 20.8 Å². The Morgan fingerprint density at radius 2 is 1.81 bits per heavy atom. The van der Waals surface area contributed by atoms with E-state index in [4.69, 9.17) is 24.5 Å². The fraction of sp³-hybridized carbons (Fsp3) is 0.619. The van der Waals surface area contributed by atoms with Crippen LogP contribution in [0.4, 0.5) is 5.00 Å². The smallest absolute Gasteiger partial charge is 0.414 e. The van der Waals surface area contributed by atoms with Crippen molar-refractivity contribution in [3.63, 3.8) is 0 Å². The molecule has 0 saturated carbocycles. The second kappa shape index (κ2) is 13.8. The van der Waals surface area contributed by atoms with Gasteiger partial charge in [0, 0.05) is 18.0 Å². The third-order valence-corrected chi connectivity index (χ3v) is 5.81. The number of esters is 1. The predicted molar refractivity (Wildman–Crippen MR) is 121 cm³/mol. The average molecular weight is 472 g/mol. The van der Waals surface area contributed by atoms with Gasteiger partial charge < -0.3 is 25.6 Å². The van der Waals surface area contributed by atoms with Crippen LogP contribution in [-0.4, -0.2) is 71.7 Å². The number of carbonyl (C=O) groups is 4. The first-order valence-corrected chi connectivity index (χ1v) is 11.4. The van der Waals surface area contributed by atoms with Crippen LogP contribution in [0.3, 0.4) is 0 Å². The summed E-state index contributed by atoms with van der Waals surface area (Å²) in [5, 5.41) is 21.5. The number of ether oxygens (including phenoxy) is 1. The minimum Gasteiger partial charge on any atom is -0.473 e. The first kappa shape index (κ1) is 27.5. The fourth-order valence-corrected chi connectivity index (χ4v) is 4.29. The van der Waals surface area contributed by atoms with Crippen LogP contribution in [-0.2, 0) is 32.1 Å². The molecule has 0 aliphatic carbocycles. The maximum Gasteiger partial charge on any atom is 0.414 e. The number of rotatable bonds is 9. The zero-order valence-corrected chi connectivity index (χ0v) is 19.8. The van der Waals surface area contributed by atoms with Gasteiger partial charge in [0.25, 0.3) is 0 Å². The monoisotopic (exact) mass is 471 g/mol. The third kappa shape index (κ3) is 8.93. The number of nitrogens with one attached hydrogen (secondary N) is 2. The quantitative estimate of drug-likeness (QED) is 0.241. The summed E-state index contributed by atoms with van der Waals surface area (Å²) >= 11 is 1.51. The Balaban J connectivity index is 0.000000751. The number of nitrogens with zero attached hydrogens (tertiary/aromatic N) is 1. The van der Waals surface area contributed by atoms with E-state index in [0.717, 1.165) is 49.5 Å². The van der Waals surface area contributed by atoms with Gasteiger partial charge in [-0.05, 0) is 44.3 Å². The van der Waals surface area contributed by atoms with E-state index < -0.39 is 11.9 Å². The summed E-state index contributed by atoms with van der Waals surface area (Å²) in [6, 6.07) is 0. The van der Waals surface area contributed by atoms with Gasteiger partial charge in [-0.25, -0.2) is 14.4 Å². The van der Waals surface area contributed by atoms with Crippen molar-refractivity contribution in [3.05, 3.63) is 16.0 Å². The molecule has 1 aliphatic heterocycles. The number of hydrogen-bond acceptors (Lipinski definition) is 8. The van der Waals surface area contributed by atoms with Crippen LogP contribution in [0.15, 0.2) is 0 Å². The van der Waals surface area contributed by atoms with Crippen LogP contribution in [0.2, 0.25) is 0 Å². The summed E-state index contributed by atoms with van der Waals surface area (Å²) in [6.45, 7) is 12.4. The molecule has 2 heterocycles. The van der Waals surface area contributed by atoms with E-state index in [1.54, 1.807) is 6.92 Å². The molecule has 10 nitrogen and oxygen atoms in total. The van der Waals surface area contributed by atoms with Gasteiger partial charge in [-0.2, -0.15) is 0 Å². The van der Waals surface area contributed by atoms with Gasteiger partial charge in [-0.15, -0.1) is 11.3 Å². The number of aliphatic carboxylic acids is 2. The maximum atomic E-state index is 12.5. The van der Waals surface area contributed by atoms with Gasteiger partial charge in [0.1, 0.15) is 5.00 Å². The summed E-state index contributed by atoms with van der Waals surface area (Å²) in [4.78, 5) is 46.5. The lowest BCUT2D eigenvalue weighted by atomic mass is 10.0. The molecule has 0 unspecified atom stereocenters. The molecule has 2 rings (SSSR count). The van der Waals surface area contributed by atoms with Crippen LogP contribution < -0.4 is 10.6 Å². The minimum absolute atomic E-state index is 0.120. The number of carboxylic acid groups (broad SMARTS) is 2. The molecule has 1 aromatic heterocycles. The predicted octanol–water partition coefficient (Wildman–Crippen LogP) is 2.03. The molecule has 4 N–H and O–H groups in total. The molecule has 1 aromatic rings. The van der Waals surface area contributed by atoms with Gasteiger partial charge in [0.05, 0.1) is 18.7 Å². The van der Waals surface area contributed by atoms with Gasteiger partial charge in [0.2, 0.25) is 5.91 Å². The molecule has 180 valence electrons. The Bertz CT molecular complexity index is 796. The first-order valence-electron chi connectivity index (χ1n) is 10.6. The van der Waals surface area contributed by atoms with Crippen molar-refractivity contribution in [2.24, 2.45) is 5.92 Å². The summed E-state index contributed by atoms with van der Waals surface area (Å²) < 4.78 is 5.24. The highest BCUT2D eigenvalue weighted by Crippen LogP contribution is 2.37. The number of carbonyl (C=O) groups excluding carboxylic acids is 2. The lowest BCUT2D eigenvalue weighted by Gasteiger charge is -2.25. The summed E-state index contributed by atoms with van der Waals surface area (Å²) in [5.74, 6) is -3.50. The van der Waals surface area contributed by atoms with Crippen molar-refractivity contribution in [2.45, 2.75) is 47.1 Å². The highest BCUT2D eigenvalue weighted by atomic mass is 32.1. The topological polar surface area (TPSA) is 145 Å². The second-order valence-corrected chi connectivity index (χ2v) is 8.67. The van der Waals surface area contributed by atoms with Crippen LogP contribution in [0.1, 0.15) is 54.9 Å². The van der Waals surface area contributed by atoms with Crippen molar-refractivity contribution in [2.75, 3.05) is 38.1 Å². The van der Waals surface area contributed by atoms with E-state index in [2.05, 4.69) is 36.3 Å². The number of anilines is 1. The number of hydrogen-bond donors (Lipinski definition) is 4. The third-order valence-electron chi connectivity index (χ3n) is 4.68.